The largest absolute Gasteiger partial charge is 0.468 e. The maximum atomic E-state index is 14.2. The maximum absolute atomic E-state index is 14.2. The van der Waals surface area contributed by atoms with Gasteiger partial charge in [-0.3, -0.25) is 15.3 Å². The van der Waals surface area contributed by atoms with Crippen LogP contribution in [-0.2, 0) is 16.1 Å². The third-order valence-corrected chi connectivity index (χ3v) is 5.18. The summed E-state index contributed by atoms with van der Waals surface area (Å²) in [5, 5.41) is 0. The molecule has 6 nitrogen and oxygen atoms in total. The summed E-state index contributed by atoms with van der Waals surface area (Å²) in [7, 11) is 0. The van der Waals surface area contributed by atoms with Gasteiger partial charge in [-0.05, 0) is 45.4 Å². The molecule has 0 aliphatic rings. The summed E-state index contributed by atoms with van der Waals surface area (Å²) in [6, 6.07) is 13.6. The van der Waals surface area contributed by atoms with E-state index in [2.05, 4.69) is 0 Å². The number of benzene rings is 2. The minimum atomic E-state index is -1.26. The zero-order valence-corrected chi connectivity index (χ0v) is 19.5. The van der Waals surface area contributed by atoms with Crippen LogP contribution in [0.5, 0.6) is 5.75 Å². The standard InChI is InChI=1S/C26H28F2N2O4/c1-16-23(21(31)13-14-30(16)15-18-19(27)11-8-12-20(18)28)33-24(29)22(17-9-6-5-7-10-17)25(32)34-26(2,3)4/h5-14,22,24H,15,29H2,1-4H3. The molecular formula is C26H28F2N2O4. The van der Waals surface area contributed by atoms with Gasteiger partial charge >= 0.3 is 5.97 Å². The highest BCUT2D eigenvalue weighted by Gasteiger charge is 2.34. The fourth-order valence-corrected chi connectivity index (χ4v) is 3.51. The van der Waals surface area contributed by atoms with Crippen LogP contribution in [0.2, 0.25) is 0 Å². The summed E-state index contributed by atoms with van der Waals surface area (Å²) in [5.41, 5.74) is 5.78. The summed E-state index contributed by atoms with van der Waals surface area (Å²) in [5.74, 6) is -3.14. The van der Waals surface area contributed by atoms with Crippen molar-refractivity contribution in [2.75, 3.05) is 0 Å². The summed E-state index contributed by atoms with van der Waals surface area (Å²) in [6.45, 7) is 6.63. The van der Waals surface area contributed by atoms with Crippen molar-refractivity contribution >= 4 is 5.97 Å². The Morgan fingerprint density at radius 2 is 1.65 bits per heavy atom. The molecule has 8 heteroatoms. The van der Waals surface area contributed by atoms with Gasteiger partial charge < -0.3 is 14.0 Å². The van der Waals surface area contributed by atoms with Crippen molar-refractivity contribution in [1.82, 2.24) is 4.57 Å². The molecule has 0 saturated heterocycles. The molecule has 0 aliphatic heterocycles. The number of nitrogens with zero attached hydrogens (tertiary/aromatic N) is 1. The summed E-state index contributed by atoms with van der Waals surface area (Å²) >= 11 is 0. The van der Waals surface area contributed by atoms with Crippen LogP contribution < -0.4 is 15.9 Å². The summed E-state index contributed by atoms with van der Waals surface area (Å²) in [6.07, 6.45) is 0.162. The lowest BCUT2D eigenvalue weighted by atomic mass is 9.97. The van der Waals surface area contributed by atoms with Crippen LogP contribution >= 0.6 is 0 Å². The van der Waals surface area contributed by atoms with Crippen molar-refractivity contribution in [2.24, 2.45) is 5.73 Å². The van der Waals surface area contributed by atoms with Crippen LogP contribution in [0.15, 0.2) is 65.6 Å². The first-order valence-electron chi connectivity index (χ1n) is 10.8. The van der Waals surface area contributed by atoms with Gasteiger partial charge in [0, 0.05) is 17.8 Å². The number of carbonyl (C=O) groups excluding carboxylic acids is 1. The highest BCUT2D eigenvalue weighted by molar-refractivity contribution is 5.79. The lowest BCUT2D eigenvalue weighted by Crippen LogP contribution is -2.42. The number of halogens is 2. The molecule has 0 saturated carbocycles. The third kappa shape index (κ3) is 5.88. The number of pyridine rings is 1. The second kappa shape index (κ2) is 10.2. The van der Waals surface area contributed by atoms with Crippen LogP contribution in [-0.4, -0.2) is 22.4 Å². The predicted octanol–water partition coefficient (Wildman–Crippen LogP) is 4.27. The van der Waals surface area contributed by atoms with Crippen molar-refractivity contribution in [1.29, 1.82) is 0 Å². The first kappa shape index (κ1) is 25.1. The van der Waals surface area contributed by atoms with E-state index >= 15 is 0 Å². The molecule has 3 aromatic rings. The van der Waals surface area contributed by atoms with Gasteiger partial charge in [0.25, 0.3) is 0 Å². The Kier molecular flexibility index (Phi) is 7.51. The molecule has 180 valence electrons. The molecule has 0 fully saturated rings. The molecule has 1 aromatic heterocycles. The topological polar surface area (TPSA) is 83.6 Å². The van der Waals surface area contributed by atoms with Crippen LogP contribution in [0.3, 0.4) is 0 Å². The Balaban J connectivity index is 1.95. The van der Waals surface area contributed by atoms with Crippen LogP contribution in [0.1, 0.15) is 43.5 Å². The smallest absolute Gasteiger partial charge is 0.319 e. The molecule has 0 bridgehead atoms. The Morgan fingerprint density at radius 1 is 1.03 bits per heavy atom. The van der Waals surface area contributed by atoms with Gasteiger partial charge in [-0.1, -0.05) is 36.4 Å². The highest BCUT2D eigenvalue weighted by atomic mass is 19.1. The quantitative estimate of drug-likeness (QED) is 0.412. The number of ether oxygens (including phenoxy) is 2. The number of carbonyl (C=O) groups is 1. The van der Waals surface area contributed by atoms with E-state index < -0.39 is 40.8 Å². The molecule has 2 unspecified atom stereocenters. The molecule has 2 aromatic carbocycles. The minimum absolute atomic E-state index is 0.115. The number of aromatic nitrogens is 1. The lowest BCUT2D eigenvalue weighted by Gasteiger charge is -2.28. The normalized spacial score (nSPS) is 13.3. The van der Waals surface area contributed by atoms with E-state index in [1.54, 1.807) is 58.0 Å². The van der Waals surface area contributed by atoms with Crippen molar-refractivity contribution in [3.05, 3.63) is 99.5 Å². The van der Waals surface area contributed by atoms with Gasteiger partial charge in [0.1, 0.15) is 23.2 Å². The Morgan fingerprint density at radius 3 is 2.24 bits per heavy atom. The number of nitrogens with two attached hydrogens (primary N) is 1. The van der Waals surface area contributed by atoms with Crippen molar-refractivity contribution < 1.29 is 23.0 Å². The average Bonchev–Trinajstić information content (AvgIpc) is 2.75. The molecule has 0 aliphatic carbocycles. The zero-order chi connectivity index (χ0) is 25.0. The van der Waals surface area contributed by atoms with Gasteiger partial charge in [-0.2, -0.15) is 0 Å². The molecule has 2 N–H and O–H groups in total. The average molecular weight is 471 g/mol. The van der Waals surface area contributed by atoms with Gasteiger partial charge in [0.05, 0.1) is 12.2 Å². The van der Waals surface area contributed by atoms with Gasteiger partial charge in [-0.25, -0.2) is 8.78 Å². The van der Waals surface area contributed by atoms with E-state index in [-0.39, 0.29) is 17.9 Å². The molecule has 2 atom stereocenters. The number of rotatable bonds is 7. The molecule has 0 radical (unpaired) electrons. The number of hydrogen-bond acceptors (Lipinski definition) is 5. The van der Waals surface area contributed by atoms with E-state index in [4.69, 9.17) is 15.2 Å². The third-order valence-electron chi connectivity index (χ3n) is 5.18. The Labute approximate surface area is 196 Å². The minimum Gasteiger partial charge on any atom is -0.468 e. The summed E-state index contributed by atoms with van der Waals surface area (Å²) in [4.78, 5) is 25.6. The fraction of sp³-hybridized carbons (Fsp3) is 0.308. The molecular weight excluding hydrogens is 442 g/mol. The maximum Gasteiger partial charge on any atom is 0.319 e. The van der Waals surface area contributed by atoms with Gasteiger partial charge in [0.2, 0.25) is 5.43 Å². The Bertz CT molecular complexity index is 1200. The van der Waals surface area contributed by atoms with E-state index in [1.807, 2.05) is 0 Å². The van der Waals surface area contributed by atoms with Crippen molar-refractivity contribution in [3.8, 4) is 5.75 Å². The van der Waals surface area contributed by atoms with E-state index in [9.17, 15) is 18.4 Å². The fourth-order valence-electron chi connectivity index (χ4n) is 3.51. The van der Waals surface area contributed by atoms with E-state index in [0.29, 0.717) is 11.3 Å². The first-order valence-corrected chi connectivity index (χ1v) is 10.8. The Hall–Kier alpha value is -3.52. The van der Waals surface area contributed by atoms with E-state index in [1.165, 1.54) is 22.9 Å². The van der Waals surface area contributed by atoms with Gasteiger partial charge in [0.15, 0.2) is 12.0 Å². The number of hydrogen-bond donors (Lipinski definition) is 1. The van der Waals surface area contributed by atoms with Crippen LogP contribution in [0.4, 0.5) is 8.78 Å². The second-order valence-electron chi connectivity index (χ2n) is 8.93. The monoisotopic (exact) mass is 470 g/mol. The summed E-state index contributed by atoms with van der Waals surface area (Å²) < 4.78 is 41.2. The molecule has 1 heterocycles. The molecule has 0 spiro atoms. The second-order valence-corrected chi connectivity index (χ2v) is 8.93. The van der Waals surface area contributed by atoms with E-state index in [0.717, 1.165) is 12.1 Å². The lowest BCUT2D eigenvalue weighted by molar-refractivity contribution is -0.159. The molecule has 34 heavy (non-hydrogen) atoms. The van der Waals surface area contributed by atoms with Crippen molar-refractivity contribution in [3.63, 3.8) is 0 Å². The van der Waals surface area contributed by atoms with Gasteiger partial charge in [-0.15, -0.1) is 0 Å². The molecule has 0 amide bonds. The molecule has 3 rings (SSSR count). The zero-order valence-electron chi connectivity index (χ0n) is 19.5. The number of esters is 1. The van der Waals surface area contributed by atoms with Crippen LogP contribution in [0, 0.1) is 18.6 Å². The highest BCUT2D eigenvalue weighted by Crippen LogP contribution is 2.26. The first-order chi connectivity index (χ1) is 16.0. The van der Waals surface area contributed by atoms with Crippen LogP contribution in [0.25, 0.3) is 0 Å². The SMILES string of the molecule is Cc1c(OC(N)C(C(=O)OC(C)(C)C)c2ccccc2)c(=O)ccn1Cc1c(F)cccc1F. The van der Waals surface area contributed by atoms with Crippen molar-refractivity contribution in [2.45, 2.75) is 52.0 Å². The predicted molar refractivity (Wildman–Crippen MR) is 125 cm³/mol.